The molecule has 18 heavy (non-hydrogen) atoms. The largest absolute Gasteiger partial charge is 0.384 e. The third kappa shape index (κ3) is 5.13. The maximum absolute atomic E-state index is 11.3. The predicted octanol–water partition coefficient (Wildman–Crippen LogP) is 0.0907. The normalized spacial score (nSPS) is 11.4. The number of primary sulfonamides is 1. The molecule has 0 radical (unpaired) electrons. The third-order valence-corrected chi connectivity index (χ3v) is 4.73. The Kier molecular flexibility index (Phi) is 5.73. The average Bonchev–Trinajstić information content (AvgIpc) is 2.74. The van der Waals surface area contributed by atoms with Crippen molar-refractivity contribution >= 4 is 27.3 Å². The number of methoxy groups -OCH3 is 1. The number of nitrogens with two attached hydrogens (primary N) is 1. The molecule has 1 amide bonds. The molecule has 102 valence electrons. The van der Waals surface area contributed by atoms with E-state index in [9.17, 15) is 13.2 Å². The van der Waals surface area contributed by atoms with Crippen molar-refractivity contribution in [1.29, 1.82) is 0 Å². The molecular formula is C10H16N2O4S2. The number of hydrogen-bond acceptors (Lipinski definition) is 5. The molecule has 1 heterocycles. The number of hydrogen-bond donors (Lipinski definition) is 2. The van der Waals surface area contributed by atoms with E-state index in [-0.39, 0.29) is 10.1 Å². The van der Waals surface area contributed by atoms with Gasteiger partial charge in [0.1, 0.15) is 4.21 Å². The van der Waals surface area contributed by atoms with Gasteiger partial charge in [0.05, 0.1) is 6.61 Å². The topological polar surface area (TPSA) is 98.5 Å². The fourth-order valence-corrected chi connectivity index (χ4v) is 3.03. The van der Waals surface area contributed by atoms with Gasteiger partial charge in [0.2, 0.25) is 15.9 Å². The van der Waals surface area contributed by atoms with Gasteiger partial charge in [0, 0.05) is 25.0 Å². The van der Waals surface area contributed by atoms with E-state index >= 15 is 0 Å². The molecule has 1 aromatic heterocycles. The van der Waals surface area contributed by atoms with Gasteiger partial charge in [-0.05, 0) is 18.6 Å². The maximum Gasteiger partial charge on any atom is 0.247 e. The van der Waals surface area contributed by atoms with Crippen LogP contribution in [0, 0.1) is 0 Å². The zero-order valence-corrected chi connectivity index (χ0v) is 11.6. The smallest absolute Gasteiger partial charge is 0.247 e. The SMILES string of the molecule is COCCC(=O)NCCc1ccc(S(N)(=O)=O)s1. The summed E-state index contributed by atoms with van der Waals surface area (Å²) >= 11 is 1.12. The van der Waals surface area contributed by atoms with E-state index in [1.807, 2.05) is 0 Å². The minimum absolute atomic E-state index is 0.0833. The lowest BCUT2D eigenvalue weighted by Crippen LogP contribution is -2.26. The van der Waals surface area contributed by atoms with Crippen LogP contribution in [0.4, 0.5) is 0 Å². The van der Waals surface area contributed by atoms with Crippen molar-refractivity contribution in [1.82, 2.24) is 5.32 Å². The van der Waals surface area contributed by atoms with Crippen LogP contribution < -0.4 is 10.5 Å². The van der Waals surface area contributed by atoms with Crippen molar-refractivity contribution in [3.05, 3.63) is 17.0 Å². The first-order chi connectivity index (χ1) is 8.43. The van der Waals surface area contributed by atoms with Gasteiger partial charge in [0.15, 0.2) is 0 Å². The summed E-state index contributed by atoms with van der Waals surface area (Å²) in [7, 11) is -2.09. The molecule has 1 rings (SSSR count). The molecule has 6 nitrogen and oxygen atoms in total. The summed E-state index contributed by atoms with van der Waals surface area (Å²) in [5.41, 5.74) is 0. The number of nitrogens with one attached hydrogen (secondary N) is 1. The van der Waals surface area contributed by atoms with Crippen molar-refractivity contribution in [2.75, 3.05) is 20.3 Å². The van der Waals surface area contributed by atoms with Gasteiger partial charge >= 0.3 is 0 Å². The molecule has 0 aliphatic rings. The standard InChI is InChI=1S/C10H16N2O4S2/c1-16-7-5-9(13)12-6-4-8-2-3-10(17-8)18(11,14)15/h2-3H,4-7H2,1H3,(H,12,13)(H2,11,14,15). The number of rotatable bonds is 7. The van der Waals surface area contributed by atoms with E-state index in [4.69, 9.17) is 9.88 Å². The van der Waals surface area contributed by atoms with Gasteiger partial charge in [-0.3, -0.25) is 4.79 Å². The van der Waals surface area contributed by atoms with Gasteiger partial charge in [-0.15, -0.1) is 11.3 Å². The highest BCUT2D eigenvalue weighted by Gasteiger charge is 2.11. The van der Waals surface area contributed by atoms with Crippen LogP contribution in [0.2, 0.25) is 0 Å². The predicted molar refractivity (Wildman–Crippen MR) is 68.9 cm³/mol. The Bertz CT molecular complexity index is 496. The van der Waals surface area contributed by atoms with Crippen molar-refractivity contribution < 1.29 is 17.9 Å². The highest BCUT2D eigenvalue weighted by molar-refractivity contribution is 7.91. The lowest BCUT2D eigenvalue weighted by atomic mass is 10.3. The fourth-order valence-electron chi connectivity index (χ4n) is 1.25. The van der Waals surface area contributed by atoms with Crippen LogP contribution >= 0.6 is 11.3 Å². The molecular weight excluding hydrogens is 276 g/mol. The van der Waals surface area contributed by atoms with Crippen LogP contribution in [0.15, 0.2) is 16.3 Å². The minimum atomic E-state index is -3.62. The first kappa shape index (κ1) is 15.1. The first-order valence-electron chi connectivity index (χ1n) is 5.30. The average molecular weight is 292 g/mol. The van der Waals surface area contributed by atoms with Gasteiger partial charge in [-0.25, -0.2) is 13.6 Å². The van der Waals surface area contributed by atoms with Crippen LogP contribution in [-0.4, -0.2) is 34.6 Å². The summed E-state index contributed by atoms with van der Waals surface area (Å²) in [4.78, 5) is 12.1. The maximum atomic E-state index is 11.3. The Morgan fingerprint density at radius 1 is 1.50 bits per heavy atom. The zero-order valence-electron chi connectivity index (χ0n) is 10.0. The Labute approximate surface area is 110 Å². The van der Waals surface area contributed by atoms with Gasteiger partial charge in [0.25, 0.3) is 0 Å². The van der Waals surface area contributed by atoms with E-state index in [0.29, 0.717) is 26.0 Å². The van der Waals surface area contributed by atoms with Crippen molar-refractivity contribution in [2.45, 2.75) is 17.1 Å². The van der Waals surface area contributed by atoms with Crippen LogP contribution in [0.5, 0.6) is 0 Å². The van der Waals surface area contributed by atoms with Gasteiger partial charge in [-0.1, -0.05) is 0 Å². The van der Waals surface area contributed by atoms with E-state index < -0.39 is 10.0 Å². The minimum Gasteiger partial charge on any atom is -0.384 e. The molecule has 8 heteroatoms. The number of sulfonamides is 1. The molecule has 3 N–H and O–H groups in total. The Morgan fingerprint density at radius 2 is 2.22 bits per heavy atom. The molecule has 0 saturated carbocycles. The summed E-state index contributed by atoms with van der Waals surface area (Å²) in [6.07, 6.45) is 0.905. The molecule has 0 aromatic carbocycles. The molecule has 0 fully saturated rings. The summed E-state index contributed by atoms with van der Waals surface area (Å²) in [5, 5.41) is 7.72. The van der Waals surface area contributed by atoms with Crippen LogP contribution in [0.3, 0.4) is 0 Å². The number of carbonyl (C=O) groups is 1. The number of amides is 1. The Balaban J connectivity index is 2.36. The summed E-state index contributed by atoms with van der Waals surface area (Å²) < 4.78 is 27.0. The van der Waals surface area contributed by atoms with Gasteiger partial charge < -0.3 is 10.1 Å². The van der Waals surface area contributed by atoms with Crippen molar-refractivity contribution in [3.8, 4) is 0 Å². The number of thiophene rings is 1. The molecule has 0 aliphatic heterocycles. The second-order valence-electron chi connectivity index (χ2n) is 3.61. The molecule has 0 spiro atoms. The lowest BCUT2D eigenvalue weighted by Gasteiger charge is -2.03. The van der Waals surface area contributed by atoms with Crippen LogP contribution in [0.1, 0.15) is 11.3 Å². The monoisotopic (exact) mass is 292 g/mol. The van der Waals surface area contributed by atoms with Crippen molar-refractivity contribution in [2.24, 2.45) is 5.14 Å². The molecule has 0 aliphatic carbocycles. The number of carbonyl (C=O) groups excluding carboxylic acids is 1. The first-order valence-corrected chi connectivity index (χ1v) is 7.67. The van der Waals surface area contributed by atoms with Crippen LogP contribution in [0.25, 0.3) is 0 Å². The zero-order chi connectivity index (χ0) is 13.6. The lowest BCUT2D eigenvalue weighted by molar-refractivity contribution is -0.121. The summed E-state index contributed by atoms with van der Waals surface area (Å²) in [6, 6.07) is 3.17. The highest BCUT2D eigenvalue weighted by Crippen LogP contribution is 2.20. The summed E-state index contributed by atoms with van der Waals surface area (Å²) in [5.74, 6) is -0.0833. The Morgan fingerprint density at radius 3 is 2.78 bits per heavy atom. The van der Waals surface area contributed by atoms with E-state index in [2.05, 4.69) is 5.32 Å². The third-order valence-electron chi connectivity index (χ3n) is 2.14. The second kappa shape index (κ2) is 6.83. The van der Waals surface area contributed by atoms with Crippen molar-refractivity contribution in [3.63, 3.8) is 0 Å². The highest BCUT2D eigenvalue weighted by atomic mass is 32.2. The summed E-state index contributed by atoms with van der Waals surface area (Å²) in [6.45, 7) is 0.855. The molecule has 1 aromatic rings. The van der Waals surface area contributed by atoms with Gasteiger partial charge in [-0.2, -0.15) is 0 Å². The van der Waals surface area contributed by atoms with E-state index in [0.717, 1.165) is 16.2 Å². The van der Waals surface area contributed by atoms with E-state index in [1.165, 1.54) is 13.2 Å². The fraction of sp³-hybridized carbons (Fsp3) is 0.500. The molecule has 0 saturated heterocycles. The quantitative estimate of drug-likeness (QED) is 0.744. The molecule has 0 atom stereocenters. The number of ether oxygens (including phenoxy) is 1. The Hall–Kier alpha value is -0.960. The van der Waals surface area contributed by atoms with E-state index in [1.54, 1.807) is 6.07 Å². The second-order valence-corrected chi connectivity index (χ2v) is 6.57. The molecule has 0 bridgehead atoms. The molecule has 0 unspecified atom stereocenters. The van der Waals surface area contributed by atoms with Crippen LogP contribution in [-0.2, 0) is 26.0 Å².